The summed E-state index contributed by atoms with van der Waals surface area (Å²) in [7, 11) is 0. The molecule has 0 atom stereocenters. The molecule has 0 bridgehead atoms. The van der Waals surface area contributed by atoms with Crippen LogP contribution in [0.3, 0.4) is 0 Å². The van der Waals surface area contributed by atoms with Gasteiger partial charge in [0.05, 0.1) is 11.0 Å². The molecule has 0 spiro atoms. The Morgan fingerprint density at radius 2 is 0.967 bits per heavy atom. The molecule has 0 fully saturated rings. The normalized spacial score (nSPS) is 15.1. The monoisotopic (exact) mass is 388 g/mol. The second-order valence-corrected chi connectivity index (χ2v) is 7.14. The van der Waals surface area contributed by atoms with Crippen molar-refractivity contribution in [1.82, 2.24) is 0 Å². The maximum atomic E-state index is 9.00. The van der Waals surface area contributed by atoms with Crippen LogP contribution in [0, 0.1) is 0 Å². The van der Waals surface area contributed by atoms with Crippen LogP contribution in [0.25, 0.3) is 54.6 Å². The fourth-order valence-electron chi connectivity index (χ4n) is 4.23. The first kappa shape index (κ1) is 10.8. The average molecular weight is 389 g/mol. The molecular weight excluding hydrogens is 360 g/mol. The summed E-state index contributed by atoms with van der Waals surface area (Å²) < 4.78 is 69.8. The van der Waals surface area contributed by atoms with Gasteiger partial charge in [0.2, 0.25) is 0 Å². The smallest absolute Gasteiger partial charge is 0.0622 e. The van der Waals surface area contributed by atoms with Crippen molar-refractivity contribution >= 4 is 32.3 Å². The lowest BCUT2D eigenvalue weighted by molar-refractivity contribution is 1.66. The minimum atomic E-state index is -0.400. The van der Waals surface area contributed by atoms with Gasteiger partial charge in [0.25, 0.3) is 0 Å². The number of fused-ring (bicyclic) bond motifs is 3. The summed E-state index contributed by atoms with van der Waals surface area (Å²) in [6, 6.07) is 19.6. The minimum absolute atomic E-state index is 0.225. The van der Waals surface area contributed by atoms with E-state index in [-0.39, 0.29) is 45.7 Å². The molecule has 6 aromatic carbocycles. The molecule has 30 heavy (non-hydrogen) atoms. The highest BCUT2D eigenvalue weighted by molar-refractivity contribution is 6.23. The van der Waals surface area contributed by atoms with Crippen molar-refractivity contribution < 1.29 is 11.0 Å². The molecule has 0 saturated carbocycles. The van der Waals surface area contributed by atoms with E-state index in [9.17, 15) is 0 Å². The molecule has 0 aliphatic carbocycles. The van der Waals surface area contributed by atoms with E-state index in [0.717, 1.165) is 10.8 Å². The van der Waals surface area contributed by atoms with Gasteiger partial charge >= 0.3 is 0 Å². The van der Waals surface area contributed by atoms with E-state index in [1.54, 1.807) is 24.3 Å². The summed E-state index contributed by atoms with van der Waals surface area (Å²) in [5, 5.41) is 2.61. The summed E-state index contributed by atoms with van der Waals surface area (Å²) >= 11 is 0. The van der Waals surface area contributed by atoms with Gasteiger partial charge in [-0.1, -0.05) is 121 Å². The zero-order valence-corrected chi connectivity index (χ0v) is 15.9. The summed E-state index contributed by atoms with van der Waals surface area (Å²) in [4.78, 5) is 0. The molecule has 0 heterocycles. The van der Waals surface area contributed by atoms with Crippen LogP contribution in [0.1, 0.15) is 11.0 Å². The van der Waals surface area contributed by atoms with Gasteiger partial charge in [0, 0.05) is 0 Å². The number of hydrogen-bond acceptors (Lipinski definition) is 0. The fourth-order valence-corrected chi connectivity index (χ4v) is 4.23. The Hall–Kier alpha value is -3.90. The summed E-state index contributed by atoms with van der Waals surface area (Å²) in [5.74, 6) is 0. The number of benzene rings is 6. The molecule has 0 saturated heterocycles. The average Bonchev–Trinajstić information content (AvgIpc) is 2.95. The van der Waals surface area contributed by atoms with Crippen molar-refractivity contribution in [2.45, 2.75) is 0 Å². The van der Waals surface area contributed by atoms with Crippen molar-refractivity contribution in [2.24, 2.45) is 0 Å². The third-order valence-corrected chi connectivity index (χ3v) is 5.50. The molecule has 6 rings (SSSR count). The van der Waals surface area contributed by atoms with Gasteiger partial charge in [-0.3, -0.25) is 0 Å². The predicted octanol–water partition coefficient (Wildman–Crippen LogP) is 8.48. The molecule has 140 valence electrons. The van der Waals surface area contributed by atoms with Crippen molar-refractivity contribution in [3.8, 4) is 22.3 Å². The third kappa shape index (κ3) is 2.54. The van der Waals surface area contributed by atoms with Gasteiger partial charge in [0.15, 0.2) is 0 Å². The van der Waals surface area contributed by atoms with Gasteiger partial charge in [-0.2, -0.15) is 0 Å². The predicted molar refractivity (Wildman–Crippen MR) is 130 cm³/mol. The molecule has 0 aromatic heterocycles. The largest absolute Gasteiger partial charge is 0.0629 e. The lowest BCUT2D eigenvalue weighted by Gasteiger charge is -2.18. The van der Waals surface area contributed by atoms with E-state index in [0.29, 0.717) is 22.3 Å². The number of hydrogen-bond donors (Lipinski definition) is 0. The van der Waals surface area contributed by atoms with Crippen LogP contribution in [0.2, 0.25) is 0 Å². The Morgan fingerprint density at radius 3 is 1.63 bits per heavy atom. The molecule has 0 aliphatic heterocycles. The van der Waals surface area contributed by atoms with Crippen LogP contribution in [-0.4, -0.2) is 0 Å². The molecule has 0 N–H and O–H groups in total. The highest BCUT2D eigenvalue weighted by Gasteiger charge is 2.17. The van der Waals surface area contributed by atoms with Gasteiger partial charge < -0.3 is 0 Å². The highest BCUT2D eigenvalue weighted by Crippen LogP contribution is 2.44. The van der Waals surface area contributed by atoms with Crippen LogP contribution < -0.4 is 0 Å². The maximum Gasteiger partial charge on any atom is 0.0629 e. The molecular formula is C30H20. The molecule has 0 aliphatic rings. The Balaban J connectivity index is 2.05. The van der Waals surface area contributed by atoms with E-state index < -0.39 is 24.2 Å². The topological polar surface area (TPSA) is 0 Å². The second kappa shape index (κ2) is 6.86. The van der Waals surface area contributed by atoms with E-state index in [2.05, 4.69) is 0 Å². The van der Waals surface area contributed by atoms with Crippen LogP contribution in [0.5, 0.6) is 0 Å². The molecule has 0 radical (unpaired) electrons. The molecule has 6 aromatic rings. The van der Waals surface area contributed by atoms with E-state index in [1.807, 2.05) is 48.5 Å². The summed E-state index contributed by atoms with van der Waals surface area (Å²) in [5.41, 5.74) is 1.96. The first-order valence-electron chi connectivity index (χ1n) is 13.7. The van der Waals surface area contributed by atoms with Crippen LogP contribution >= 0.6 is 0 Å². The first-order chi connectivity index (χ1) is 18.2. The van der Waals surface area contributed by atoms with E-state index >= 15 is 0 Å². The zero-order chi connectivity index (χ0) is 26.9. The molecule has 0 amide bonds. The molecule has 0 heteroatoms. The zero-order valence-electron chi connectivity index (χ0n) is 23.9. The standard InChI is InChI=1S/C30H20/c1-2-12-22(13-3-1)29-25-16-6-8-18-27(25)30(28-19-9-7-17-26(28)29)24-20-10-14-21-11-4-5-15-23(21)24/h1-20H/i6D,7D,8D,9D,16D,17D,18D,19D. The van der Waals surface area contributed by atoms with Crippen molar-refractivity contribution in [3.05, 3.63) is 121 Å². The van der Waals surface area contributed by atoms with Crippen molar-refractivity contribution in [2.75, 3.05) is 0 Å². The van der Waals surface area contributed by atoms with Gasteiger partial charge in [-0.25, -0.2) is 0 Å². The quantitative estimate of drug-likeness (QED) is 0.261. The van der Waals surface area contributed by atoms with Crippen molar-refractivity contribution in [3.63, 3.8) is 0 Å². The third-order valence-electron chi connectivity index (χ3n) is 5.50. The maximum absolute atomic E-state index is 9.00. The summed E-state index contributed by atoms with van der Waals surface area (Å²) in [6.07, 6.45) is 0. The lowest BCUT2D eigenvalue weighted by Crippen LogP contribution is -1.91. The Bertz CT molecular complexity index is 1860. The Kier molecular flexibility index (Phi) is 2.46. The van der Waals surface area contributed by atoms with Gasteiger partial charge in [0.1, 0.15) is 0 Å². The fraction of sp³-hybridized carbons (Fsp3) is 0. The number of rotatable bonds is 2. The van der Waals surface area contributed by atoms with Crippen LogP contribution in [0.4, 0.5) is 0 Å². The second-order valence-electron chi connectivity index (χ2n) is 7.14. The first-order valence-corrected chi connectivity index (χ1v) is 9.73. The SMILES string of the molecule is [2H]c1c([2H])c([2H])c2c(-c3cccc4ccccc34)c3c([2H])c([2H])c([2H])c([2H])c3c(-c3ccccc3)c2c1[2H]. The van der Waals surface area contributed by atoms with Gasteiger partial charge in [-0.05, 0) is 54.6 Å². The molecule has 0 unspecified atom stereocenters. The highest BCUT2D eigenvalue weighted by atomic mass is 14.2. The molecule has 0 nitrogen and oxygen atoms in total. The lowest BCUT2D eigenvalue weighted by atomic mass is 9.85. The van der Waals surface area contributed by atoms with E-state index in [4.69, 9.17) is 11.0 Å². The Morgan fingerprint density at radius 1 is 0.433 bits per heavy atom. The summed E-state index contributed by atoms with van der Waals surface area (Å²) in [6.45, 7) is 0. The van der Waals surface area contributed by atoms with Crippen LogP contribution in [-0.2, 0) is 0 Å². The Labute approximate surface area is 187 Å². The minimum Gasteiger partial charge on any atom is -0.0622 e. The van der Waals surface area contributed by atoms with Gasteiger partial charge in [-0.15, -0.1) is 0 Å². The van der Waals surface area contributed by atoms with Crippen LogP contribution in [0.15, 0.2) is 121 Å². The van der Waals surface area contributed by atoms with E-state index in [1.165, 1.54) is 0 Å². The van der Waals surface area contributed by atoms with Crippen molar-refractivity contribution in [1.29, 1.82) is 0 Å².